The molecule has 10 nitrogen and oxygen atoms in total. The SMILES string of the molecule is CCOc1nc(N)nc2c1ncn2[C@@H]1O[C@]2(F)COP(=O)(CC)O[C@H]2[C@@]1(C)F. The first kappa shape index (κ1) is 19.4. The van der Waals surface area contributed by atoms with E-state index in [0.717, 1.165) is 6.92 Å². The zero-order valence-electron chi connectivity index (χ0n) is 15.5. The van der Waals surface area contributed by atoms with Gasteiger partial charge in [0.05, 0.1) is 12.9 Å². The average molecular weight is 419 g/mol. The second kappa shape index (κ2) is 6.31. The number of nitrogen functional groups attached to an aromatic ring is 1. The van der Waals surface area contributed by atoms with Crippen LogP contribution < -0.4 is 10.5 Å². The fraction of sp³-hybridized carbons (Fsp3) is 0.667. The minimum absolute atomic E-state index is 0.0180. The summed E-state index contributed by atoms with van der Waals surface area (Å²) in [7, 11) is -3.61. The zero-order chi connectivity index (χ0) is 20.3. The molecule has 1 unspecified atom stereocenters. The molecule has 4 rings (SSSR count). The number of fused-ring (bicyclic) bond motifs is 2. The van der Waals surface area contributed by atoms with Crippen molar-refractivity contribution in [1.29, 1.82) is 0 Å². The second-order valence-corrected chi connectivity index (χ2v) is 9.06. The van der Waals surface area contributed by atoms with Gasteiger partial charge in [-0.2, -0.15) is 9.97 Å². The van der Waals surface area contributed by atoms with Crippen LogP contribution in [0, 0.1) is 0 Å². The van der Waals surface area contributed by atoms with E-state index in [9.17, 15) is 4.57 Å². The molecule has 28 heavy (non-hydrogen) atoms. The van der Waals surface area contributed by atoms with E-state index in [1.54, 1.807) is 13.8 Å². The van der Waals surface area contributed by atoms with Crippen molar-refractivity contribution in [3.63, 3.8) is 0 Å². The van der Waals surface area contributed by atoms with Gasteiger partial charge in [0.2, 0.25) is 11.8 Å². The van der Waals surface area contributed by atoms with Crippen molar-refractivity contribution in [1.82, 2.24) is 19.5 Å². The normalized spacial score (nSPS) is 37.9. The standard InChI is InChI=1S/C15H20F2N5O5P/c1-4-24-10-8-9(20-13(18)21-10)22(7-19-8)12-14(3,16)11-15(17,26-12)6-25-28(23,5-2)27-11/h7,11-12H,4-6H2,1-3H3,(H2,18,20,21)/t11-,12+,14+,15+,28?/m0/s1. The Kier molecular flexibility index (Phi) is 4.38. The lowest BCUT2D eigenvalue weighted by atomic mass is 9.97. The van der Waals surface area contributed by atoms with Crippen molar-refractivity contribution in [3.8, 4) is 5.88 Å². The van der Waals surface area contributed by atoms with Gasteiger partial charge in [0.15, 0.2) is 29.2 Å². The van der Waals surface area contributed by atoms with Crippen LogP contribution in [0.15, 0.2) is 6.33 Å². The second-order valence-electron chi connectivity index (χ2n) is 6.74. The molecule has 13 heteroatoms. The summed E-state index contributed by atoms with van der Waals surface area (Å²) >= 11 is 0. The van der Waals surface area contributed by atoms with Gasteiger partial charge in [-0.1, -0.05) is 6.92 Å². The number of aromatic nitrogens is 4. The Morgan fingerprint density at radius 2 is 2.18 bits per heavy atom. The first-order valence-electron chi connectivity index (χ1n) is 8.74. The van der Waals surface area contributed by atoms with Gasteiger partial charge >= 0.3 is 7.60 Å². The third-order valence-corrected chi connectivity index (χ3v) is 6.58. The fourth-order valence-electron chi connectivity index (χ4n) is 3.39. The summed E-state index contributed by atoms with van der Waals surface area (Å²) in [4.78, 5) is 12.2. The maximum Gasteiger partial charge on any atom is 0.331 e. The van der Waals surface area contributed by atoms with Gasteiger partial charge in [-0.3, -0.25) is 13.7 Å². The Hall–Kier alpha value is -1.88. The summed E-state index contributed by atoms with van der Waals surface area (Å²) in [6.07, 6.45) is -2.07. The minimum Gasteiger partial charge on any atom is -0.476 e. The van der Waals surface area contributed by atoms with Crippen LogP contribution in [0.3, 0.4) is 0 Å². The number of hydrogen-bond acceptors (Lipinski definition) is 9. The number of nitrogens with zero attached hydrogens (tertiary/aromatic N) is 4. The highest BCUT2D eigenvalue weighted by atomic mass is 31.2. The third kappa shape index (κ3) is 2.78. The van der Waals surface area contributed by atoms with Crippen molar-refractivity contribution >= 4 is 24.7 Å². The largest absolute Gasteiger partial charge is 0.476 e. The van der Waals surface area contributed by atoms with Crippen LogP contribution in [0.4, 0.5) is 14.7 Å². The van der Waals surface area contributed by atoms with Crippen LogP contribution in [0.5, 0.6) is 5.88 Å². The number of nitrogens with two attached hydrogens (primary N) is 1. The molecule has 154 valence electrons. The van der Waals surface area contributed by atoms with Gasteiger partial charge < -0.3 is 19.7 Å². The van der Waals surface area contributed by atoms with Crippen molar-refractivity contribution in [2.75, 3.05) is 25.1 Å². The van der Waals surface area contributed by atoms with Crippen LogP contribution in [-0.4, -0.2) is 56.5 Å². The zero-order valence-corrected chi connectivity index (χ0v) is 16.4. The van der Waals surface area contributed by atoms with Crippen LogP contribution in [0.1, 0.15) is 27.0 Å². The average Bonchev–Trinajstić information content (AvgIpc) is 3.13. The van der Waals surface area contributed by atoms with E-state index in [1.165, 1.54) is 10.9 Å². The summed E-state index contributed by atoms with van der Waals surface area (Å²) in [5, 5.41) is 0. The Balaban J connectivity index is 1.79. The monoisotopic (exact) mass is 419 g/mol. The maximum absolute atomic E-state index is 15.8. The highest BCUT2D eigenvalue weighted by Crippen LogP contribution is 2.62. The van der Waals surface area contributed by atoms with E-state index in [4.69, 9.17) is 24.3 Å². The summed E-state index contributed by atoms with van der Waals surface area (Å²) in [6, 6.07) is 0. The number of ether oxygens (including phenoxy) is 2. The molecule has 0 spiro atoms. The van der Waals surface area contributed by atoms with Crippen LogP contribution in [0.25, 0.3) is 11.2 Å². The molecule has 2 N–H and O–H groups in total. The number of hydrogen-bond donors (Lipinski definition) is 1. The molecule has 0 saturated carbocycles. The number of rotatable bonds is 4. The maximum atomic E-state index is 15.8. The van der Waals surface area contributed by atoms with E-state index in [2.05, 4.69) is 15.0 Å². The molecule has 0 bridgehead atoms. The smallest absolute Gasteiger partial charge is 0.331 e. The van der Waals surface area contributed by atoms with Crippen molar-refractivity contribution in [2.24, 2.45) is 0 Å². The van der Waals surface area contributed by atoms with Crippen LogP contribution >= 0.6 is 7.60 Å². The molecule has 0 amide bonds. The van der Waals surface area contributed by atoms with Gasteiger partial charge in [0.1, 0.15) is 6.61 Å². The molecule has 4 heterocycles. The molecule has 5 atom stereocenters. The third-order valence-electron chi connectivity index (χ3n) is 4.75. The molecule has 2 aliphatic heterocycles. The minimum atomic E-state index is -3.61. The highest BCUT2D eigenvalue weighted by molar-refractivity contribution is 7.53. The lowest BCUT2D eigenvalue weighted by molar-refractivity contribution is -0.213. The Bertz CT molecular complexity index is 972. The lowest BCUT2D eigenvalue weighted by Gasteiger charge is -2.36. The molecule has 0 aliphatic carbocycles. The summed E-state index contributed by atoms with van der Waals surface area (Å²) in [6.45, 7) is 3.99. The molecular weight excluding hydrogens is 399 g/mol. The van der Waals surface area contributed by atoms with E-state index >= 15 is 8.78 Å². The van der Waals surface area contributed by atoms with Gasteiger partial charge in [-0.15, -0.1) is 0 Å². The molecule has 2 aromatic rings. The summed E-state index contributed by atoms with van der Waals surface area (Å²) in [5.41, 5.74) is 3.62. The highest BCUT2D eigenvalue weighted by Gasteiger charge is 2.69. The molecule has 0 aromatic carbocycles. The predicted octanol–water partition coefficient (Wildman–Crippen LogP) is 2.36. The van der Waals surface area contributed by atoms with E-state index < -0.39 is 38.1 Å². The summed E-state index contributed by atoms with van der Waals surface area (Å²) in [5.74, 6) is -2.64. The molecule has 2 fully saturated rings. The fourth-order valence-corrected chi connectivity index (χ4v) is 4.84. The van der Waals surface area contributed by atoms with Gasteiger partial charge in [0.25, 0.3) is 5.85 Å². The number of alkyl halides is 2. The Morgan fingerprint density at radius 1 is 1.43 bits per heavy atom. The van der Waals surface area contributed by atoms with Gasteiger partial charge in [-0.25, -0.2) is 13.8 Å². The van der Waals surface area contributed by atoms with Crippen molar-refractivity contribution < 1.29 is 31.9 Å². The number of anilines is 1. The van der Waals surface area contributed by atoms with Gasteiger partial charge in [-0.05, 0) is 13.8 Å². The quantitative estimate of drug-likeness (QED) is 0.744. The molecule has 2 saturated heterocycles. The first-order chi connectivity index (χ1) is 13.1. The van der Waals surface area contributed by atoms with Crippen LogP contribution in [0.2, 0.25) is 0 Å². The van der Waals surface area contributed by atoms with Crippen molar-refractivity contribution in [2.45, 2.75) is 44.6 Å². The number of halogens is 2. The predicted molar refractivity (Wildman–Crippen MR) is 93.4 cm³/mol. The van der Waals surface area contributed by atoms with E-state index in [1.807, 2.05) is 0 Å². The molecule has 0 radical (unpaired) electrons. The Morgan fingerprint density at radius 3 is 2.86 bits per heavy atom. The van der Waals surface area contributed by atoms with Crippen molar-refractivity contribution in [3.05, 3.63) is 6.33 Å². The van der Waals surface area contributed by atoms with E-state index in [0.29, 0.717) is 6.61 Å². The van der Waals surface area contributed by atoms with E-state index in [-0.39, 0.29) is 29.2 Å². The molecule has 2 aliphatic rings. The Labute approximate surface area is 158 Å². The molecule has 2 aromatic heterocycles. The van der Waals surface area contributed by atoms with Crippen LogP contribution in [-0.2, 0) is 18.3 Å². The molecular formula is C15H20F2N5O5P. The topological polar surface area (TPSA) is 124 Å². The van der Waals surface area contributed by atoms with Gasteiger partial charge in [0, 0.05) is 6.16 Å². The lowest BCUT2D eigenvalue weighted by Crippen LogP contribution is -2.50. The summed E-state index contributed by atoms with van der Waals surface area (Å²) < 4.78 is 65.7. The number of imidazole rings is 1. The first-order valence-corrected chi connectivity index (χ1v) is 10.5.